The largest absolute Gasteiger partial charge is 0.379 e. The van der Waals surface area contributed by atoms with E-state index in [2.05, 4.69) is 23.2 Å². The molecule has 1 unspecified atom stereocenters. The summed E-state index contributed by atoms with van der Waals surface area (Å²) in [5.41, 5.74) is 0. The highest BCUT2D eigenvalue weighted by atomic mass is 16.5. The highest BCUT2D eigenvalue weighted by molar-refractivity contribution is 4.79. The Morgan fingerprint density at radius 3 is 2.67 bits per heavy atom. The van der Waals surface area contributed by atoms with Gasteiger partial charge in [0.25, 0.3) is 0 Å². The van der Waals surface area contributed by atoms with E-state index < -0.39 is 0 Å². The van der Waals surface area contributed by atoms with Gasteiger partial charge >= 0.3 is 0 Å². The highest BCUT2D eigenvalue weighted by Crippen LogP contribution is 1.94. The first kappa shape index (κ1) is 14.4. The van der Waals surface area contributed by atoms with Crippen LogP contribution in [-0.4, -0.2) is 51.3 Å². The number of likely N-dealkylation sites (N-methyl/N-ethyl adjacent to an activating group) is 1. The number of nitrogens with one attached hydrogen (secondary N) is 1. The molecule has 0 saturated heterocycles. The summed E-state index contributed by atoms with van der Waals surface area (Å²) >= 11 is 0. The van der Waals surface area contributed by atoms with Gasteiger partial charge in [-0.05, 0) is 20.5 Å². The molecule has 0 aromatic carbocycles. The van der Waals surface area contributed by atoms with Crippen LogP contribution >= 0.6 is 0 Å². The van der Waals surface area contributed by atoms with E-state index in [0.29, 0.717) is 12.5 Å². The van der Waals surface area contributed by atoms with E-state index in [9.17, 15) is 0 Å². The molecular formula is C11H23N3O. The molecule has 0 aromatic rings. The van der Waals surface area contributed by atoms with Crippen LogP contribution in [0.2, 0.25) is 0 Å². The van der Waals surface area contributed by atoms with Crippen LogP contribution in [0, 0.1) is 11.3 Å². The van der Waals surface area contributed by atoms with Crippen LogP contribution in [0.5, 0.6) is 0 Å². The Kier molecular flexibility index (Phi) is 9.49. The normalized spacial score (nSPS) is 12.7. The van der Waals surface area contributed by atoms with Crippen LogP contribution in [0.4, 0.5) is 0 Å². The fourth-order valence-corrected chi connectivity index (χ4v) is 1.16. The lowest BCUT2D eigenvalue weighted by Gasteiger charge is -2.14. The monoisotopic (exact) mass is 213 g/mol. The first-order valence-electron chi connectivity index (χ1n) is 5.53. The molecule has 0 heterocycles. The molecule has 0 bridgehead atoms. The minimum atomic E-state index is 0.312. The van der Waals surface area contributed by atoms with Crippen molar-refractivity contribution >= 4 is 0 Å². The molecule has 0 aliphatic heterocycles. The second-order valence-corrected chi connectivity index (χ2v) is 3.84. The zero-order chi connectivity index (χ0) is 11.5. The summed E-state index contributed by atoms with van der Waals surface area (Å²) in [6.45, 7) is 5.35. The maximum atomic E-state index is 8.54. The van der Waals surface area contributed by atoms with E-state index in [0.717, 1.165) is 32.7 Å². The quantitative estimate of drug-likeness (QED) is 0.577. The van der Waals surface area contributed by atoms with Crippen molar-refractivity contribution in [2.75, 3.05) is 40.4 Å². The predicted molar refractivity (Wildman–Crippen MR) is 61.7 cm³/mol. The maximum absolute atomic E-state index is 8.54. The van der Waals surface area contributed by atoms with Gasteiger partial charge in [0.15, 0.2) is 0 Å². The molecule has 1 N–H and O–H groups in total. The number of hydrogen-bond donors (Lipinski definition) is 1. The molecule has 0 amide bonds. The third kappa shape index (κ3) is 9.67. The lowest BCUT2D eigenvalue weighted by Crippen LogP contribution is -2.31. The van der Waals surface area contributed by atoms with Crippen LogP contribution in [0.1, 0.15) is 19.8 Å². The van der Waals surface area contributed by atoms with Crippen molar-refractivity contribution in [1.29, 1.82) is 5.26 Å². The van der Waals surface area contributed by atoms with Gasteiger partial charge in [-0.1, -0.05) is 6.92 Å². The fraction of sp³-hybridized carbons (Fsp3) is 0.909. The Morgan fingerprint density at radius 2 is 2.13 bits per heavy atom. The van der Waals surface area contributed by atoms with E-state index in [-0.39, 0.29) is 0 Å². The van der Waals surface area contributed by atoms with Crippen LogP contribution in [0.3, 0.4) is 0 Å². The molecule has 0 aliphatic carbocycles. The summed E-state index contributed by atoms with van der Waals surface area (Å²) in [7, 11) is 4.06. The molecule has 88 valence electrons. The zero-order valence-electron chi connectivity index (χ0n) is 10.1. The summed E-state index contributed by atoms with van der Waals surface area (Å²) in [4.78, 5) is 2.10. The van der Waals surface area contributed by atoms with Crippen LogP contribution in [0.25, 0.3) is 0 Å². The van der Waals surface area contributed by atoms with Gasteiger partial charge in [-0.25, -0.2) is 0 Å². The highest BCUT2D eigenvalue weighted by Gasteiger charge is 2.03. The minimum absolute atomic E-state index is 0.312. The van der Waals surface area contributed by atoms with Gasteiger partial charge in [0.2, 0.25) is 0 Å². The van der Waals surface area contributed by atoms with Gasteiger partial charge in [-0.3, -0.25) is 0 Å². The average molecular weight is 213 g/mol. The molecule has 0 saturated carbocycles. The first-order valence-corrected chi connectivity index (χ1v) is 5.53. The van der Waals surface area contributed by atoms with E-state index in [1.165, 1.54) is 0 Å². The number of nitriles is 1. The standard InChI is InChI=1S/C11H23N3O/c1-4-11(5-6-12)13-7-9-15-10-8-14(2)3/h11,13H,4-5,7-10H2,1-3H3. The molecule has 0 spiro atoms. The molecule has 4 heteroatoms. The lowest BCUT2D eigenvalue weighted by molar-refractivity contribution is 0.117. The molecule has 0 aliphatic rings. The van der Waals surface area contributed by atoms with Crippen molar-refractivity contribution in [2.24, 2.45) is 0 Å². The summed E-state index contributed by atoms with van der Waals surface area (Å²) in [6, 6.07) is 2.49. The average Bonchev–Trinajstić information content (AvgIpc) is 2.21. The third-order valence-corrected chi connectivity index (χ3v) is 2.19. The van der Waals surface area contributed by atoms with Gasteiger partial charge in [0, 0.05) is 19.1 Å². The smallest absolute Gasteiger partial charge is 0.0638 e. The van der Waals surface area contributed by atoms with Crippen molar-refractivity contribution in [1.82, 2.24) is 10.2 Å². The second kappa shape index (κ2) is 9.91. The third-order valence-electron chi connectivity index (χ3n) is 2.19. The summed E-state index contributed by atoms with van der Waals surface area (Å²) < 4.78 is 5.43. The summed E-state index contributed by atoms with van der Waals surface area (Å²) in [5, 5.41) is 11.8. The Morgan fingerprint density at radius 1 is 1.40 bits per heavy atom. The SMILES string of the molecule is CCC(CC#N)NCCOCCN(C)C. The topological polar surface area (TPSA) is 48.3 Å². The van der Waals surface area contributed by atoms with Crippen molar-refractivity contribution in [3.63, 3.8) is 0 Å². The number of rotatable bonds is 9. The molecule has 4 nitrogen and oxygen atoms in total. The Bertz CT molecular complexity index is 177. The van der Waals surface area contributed by atoms with Crippen LogP contribution in [-0.2, 0) is 4.74 Å². The van der Waals surface area contributed by atoms with Gasteiger partial charge in [0.1, 0.15) is 0 Å². The number of ether oxygens (including phenoxy) is 1. The van der Waals surface area contributed by atoms with E-state index in [1.807, 2.05) is 14.1 Å². The van der Waals surface area contributed by atoms with E-state index in [1.54, 1.807) is 0 Å². The van der Waals surface area contributed by atoms with Crippen LogP contribution < -0.4 is 5.32 Å². The summed E-state index contributed by atoms with van der Waals surface area (Å²) in [6.07, 6.45) is 1.57. The Balaban J connectivity index is 3.26. The molecular weight excluding hydrogens is 190 g/mol. The molecule has 0 radical (unpaired) electrons. The van der Waals surface area contributed by atoms with Gasteiger partial charge < -0.3 is 15.0 Å². The van der Waals surface area contributed by atoms with Gasteiger partial charge in [0.05, 0.1) is 25.7 Å². The maximum Gasteiger partial charge on any atom is 0.0638 e. The molecule has 15 heavy (non-hydrogen) atoms. The minimum Gasteiger partial charge on any atom is -0.379 e. The van der Waals surface area contributed by atoms with Crippen molar-refractivity contribution in [2.45, 2.75) is 25.8 Å². The van der Waals surface area contributed by atoms with Crippen molar-refractivity contribution in [3.8, 4) is 6.07 Å². The first-order chi connectivity index (χ1) is 7.20. The van der Waals surface area contributed by atoms with Crippen molar-refractivity contribution < 1.29 is 4.74 Å². The van der Waals surface area contributed by atoms with Gasteiger partial charge in [-0.2, -0.15) is 5.26 Å². The van der Waals surface area contributed by atoms with Crippen LogP contribution in [0.15, 0.2) is 0 Å². The van der Waals surface area contributed by atoms with Crippen molar-refractivity contribution in [3.05, 3.63) is 0 Å². The van der Waals surface area contributed by atoms with Gasteiger partial charge in [-0.15, -0.1) is 0 Å². The molecule has 0 rings (SSSR count). The summed E-state index contributed by atoms with van der Waals surface area (Å²) in [5.74, 6) is 0. The number of hydrogen-bond acceptors (Lipinski definition) is 4. The predicted octanol–water partition coefficient (Wildman–Crippen LogP) is 0.846. The Labute approximate surface area is 93.2 Å². The zero-order valence-corrected chi connectivity index (χ0v) is 10.1. The lowest BCUT2D eigenvalue weighted by atomic mass is 10.2. The molecule has 0 fully saturated rings. The van der Waals surface area contributed by atoms with E-state index in [4.69, 9.17) is 10.00 Å². The second-order valence-electron chi connectivity index (χ2n) is 3.84. The fourth-order valence-electron chi connectivity index (χ4n) is 1.16. The van der Waals surface area contributed by atoms with E-state index >= 15 is 0 Å². The molecule has 0 aromatic heterocycles. The number of nitrogens with zero attached hydrogens (tertiary/aromatic N) is 2. The molecule has 1 atom stereocenters. The Hall–Kier alpha value is -0.630.